The average molecular weight is 781 g/mol. The number of rotatable bonds is 18. The molecular formula is C45H52N2O10. The van der Waals surface area contributed by atoms with Gasteiger partial charge in [0.15, 0.2) is 11.5 Å². The molecule has 57 heavy (non-hydrogen) atoms. The van der Waals surface area contributed by atoms with E-state index < -0.39 is 17.7 Å². The molecule has 1 fully saturated rings. The number of carbonyl (C=O) groups excluding carboxylic acids is 2. The van der Waals surface area contributed by atoms with Gasteiger partial charge in [-0.3, -0.25) is 9.59 Å². The second-order valence-electron chi connectivity index (χ2n) is 15.0. The molecular weight excluding hydrogens is 728 g/mol. The number of allylic oxidation sites excluding steroid dienone is 1. The predicted molar refractivity (Wildman–Crippen MR) is 213 cm³/mol. The highest BCUT2D eigenvalue weighted by atomic mass is 16.7. The summed E-state index contributed by atoms with van der Waals surface area (Å²) in [6, 6.07) is 17.2. The molecule has 12 heteroatoms. The van der Waals surface area contributed by atoms with Crippen molar-refractivity contribution in [1.29, 1.82) is 0 Å². The summed E-state index contributed by atoms with van der Waals surface area (Å²) in [5.41, 5.74) is 3.51. The van der Waals surface area contributed by atoms with Crippen LogP contribution in [0.25, 0.3) is 0 Å². The van der Waals surface area contributed by atoms with Crippen molar-refractivity contribution in [3.63, 3.8) is 0 Å². The van der Waals surface area contributed by atoms with Crippen LogP contribution in [-0.4, -0.2) is 85.1 Å². The molecule has 0 radical (unpaired) electrons. The Morgan fingerprint density at radius 3 is 2.53 bits per heavy atom. The minimum Gasteiger partial charge on any atom is -0.459 e. The Hall–Kier alpha value is -5.17. The second kappa shape index (κ2) is 18.0. The third-order valence-corrected chi connectivity index (χ3v) is 11.6. The van der Waals surface area contributed by atoms with Crippen molar-refractivity contribution in [1.82, 2.24) is 4.90 Å². The van der Waals surface area contributed by atoms with Gasteiger partial charge in [0, 0.05) is 49.3 Å². The number of aliphatic hydroxyl groups excluding tert-OH is 2. The van der Waals surface area contributed by atoms with Gasteiger partial charge in [0.1, 0.15) is 36.2 Å². The Balaban J connectivity index is 1.41. The fourth-order valence-electron chi connectivity index (χ4n) is 9.10. The molecule has 2 N–H and O–H groups in total. The van der Waals surface area contributed by atoms with Crippen molar-refractivity contribution in [2.24, 2.45) is 22.9 Å². The Labute approximate surface area is 333 Å². The number of ether oxygens (including phenoxy) is 5. The molecule has 6 atom stereocenters. The lowest BCUT2D eigenvalue weighted by Gasteiger charge is -2.59. The summed E-state index contributed by atoms with van der Waals surface area (Å²) in [6.07, 6.45) is 9.64. The summed E-state index contributed by atoms with van der Waals surface area (Å²) in [4.78, 5) is 33.7. The van der Waals surface area contributed by atoms with E-state index in [4.69, 9.17) is 33.7 Å². The minimum atomic E-state index is -1.39. The molecule has 0 bridgehead atoms. The van der Waals surface area contributed by atoms with Crippen molar-refractivity contribution < 1.29 is 48.3 Å². The van der Waals surface area contributed by atoms with Crippen LogP contribution in [0.3, 0.4) is 0 Å². The van der Waals surface area contributed by atoms with Gasteiger partial charge in [0.25, 0.3) is 5.91 Å². The quantitative estimate of drug-likeness (QED) is 0.0578. The number of fused-ring (bicyclic) bond motifs is 3. The van der Waals surface area contributed by atoms with Gasteiger partial charge < -0.3 is 43.6 Å². The lowest BCUT2D eigenvalue weighted by atomic mass is 9.55. The van der Waals surface area contributed by atoms with Crippen molar-refractivity contribution in [2.45, 2.75) is 69.6 Å². The maximum absolute atomic E-state index is 14.6. The fourth-order valence-corrected chi connectivity index (χ4v) is 9.10. The van der Waals surface area contributed by atoms with Gasteiger partial charge in [0.05, 0.1) is 18.2 Å². The van der Waals surface area contributed by atoms with Crippen LogP contribution in [0.1, 0.15) is 84.1 Å². The van der Waals surface area contributed by atoms with Gasteiger partial charge in [0.2, 0.25) is 12.6 Å². The second-order valence-corrected chi connectivity index (χ2v) is 15.0. The smallest absolute Gasteiger partial charge is 0.254 e. The highest BCUT2D eigenvalue weighted by Gasteiger charge is 2.65. The van der Waals surface area contributed by atoms with Gasteiger partial charge in [-0.05, 0) is 98.5 Å². The first-order valence-electron chi connectivity index (χ1n) is 20.0. The maximum Gasteiger partial charge on any atom is 0.254 e. The number of oxime groups is 1. The summed E-state index contributed by atoms with van der Waals surface area (Å²) >= 11 is 0. The number of likely N-dealkylation sites (N-methyl/N-ethyl adjacent to an activating group) is 1. The SMILES string of the molecule is C=CCOC12Oc3ccc(Oc4cccc(C=O)c4)cc3C3C(CCCCO)C(CCCCO)C=C(C(=NOCC)CC1N(C)C(=O)c1ccc4c(c1)OCO4)C32. The number of amides is 1. The van der Waals surface area contributed by atoms with Gasteiger partial charge in [-0.15, -0.1) is 6.58 Å². The number of nitrogens with zero attached hydrogens (tertiary/aromatic N) is 2. The van der Waals surface area contributed by atoms with Crippen LogP contribution < -0.4 is 18.9 Å². The number of hydrogen-bond donors (Lipinski definition) is 2. The number of carbonyl (C=O) groups is 2. The molecule has 2 aliphatic heterocycles. The van der Waals surface area contributed by atoms with E-state index in [2.05, 4.69) is 12.7 Å². The summed E-state index contributed by atoms with van der Waals surface area (Å²) < 4.78 is 31.7. The van der Waals surface area contributed by atoms with Crippen molar-refractivity contribution in [2.75, 3.05) is 40.3 Å². The molecule has 0 aromatic heterocycles. The Morgan fingerprint density at radius 1 is 0.982 bits per heavy atom. The first-order valence-corrected chi connectivity index (χ1v) is 20.0. The van der Waals surface area contributed by atoms with E-state index in [1.807, 2.05) is 31.2 Å². The molecule has 6 unspecified atom stereocenters. The first-order chi connectivity index (χ1) is 27.8. The first kappa shape index (κ1) is 40.0. The number of unbranched alkanes of at least 4 members (excludes halogenated alkanes) is 2. The standard InChI is InChI=1S/C45H52N2O10/c1-4-21-54-45-41(47(3)44(51)31-15-17-39-40(24-31)53-28-52-39)26-37(46-55-5-2)35-23-30(12-6-8-19-48)34(14-7-9-20-49)42(43(35)45)36-25-33(16-18-38(36)57-45)56-32-13-10-11-29(22-32)27-50/h4,10-11,13,15-18,22-25,27,30,34,41-43,48-49H,1,5-9,12,14,19-21,26,28H2,2-3H3. The highest BCUT2D eigenvalue weighted by molar-refractivity contribution is 6.03. The molecule has 7 rings (SSSR count). The molecule has 1 saturated carbocycles. The molecule has 12 nitrogen and oxygen atoms in total. The highest BCUT2D eigenvalue weighted by Crippen LogP contribution is 2.62. The van der Waals surface area contributed by atoms with Gasteiger partial charge in [-0.1, -0.05) is 42.3 Å². The van der Waals surface area contributed by atoms with E-state index in [-0.39, 0.29) is 56.7 Å². The molecule has 3 aromatic carbocycles. The summed E-state index contributed by atoms with van der Waals surface area (Å²) in [5, 5.41) is 24.4. The van der Waals surface area contributed by atoms with Gasteiger partial charge >= 0.3 is 0 Å². The Kier molecular flexibility index (Phi) is 12.6. The zero-order valence-electron chi connectivity index (χ0n) is 32.6. The molecule has 2 aliphatic carbocycles. The molecule has 0 spiro atoms. The third-order valence-electron chi connectivity index (χ3n) is 11.6. The molecule has 3 aromatic rings. The Morgan fingerprint density at radius 2 is 1.75 bits per heavy atom. The zero-order chi connectivity index (χ0) is 39.9. The number of aliphatic hydroxyl groups is 2. The number of benzene rings is 3. The van der Waals surface area contributed by atoms with E-state index in [0.717, 1.165) is 43.1 Å². The molecule has 4 aliphatic rings. The van der Waals surface area contributed by atoms with Gasteiger partial charge in [-0.2, -0.15) is 0 Å². The predicted octanol–water partition coefficient (Wildman–Crippen LogP) is 7.45. The summed E-state index contributed by atoms with van der Waals surface area (Å²) in [5.74, 6) is 0.597. The van der Waals surface area contributed by atoms with Crippen LogP contribution in [-0.2, 0) is 9.57 Å². The molecule has 0 saturated heterocycles. The topological polar surface area (TPSA) is 146 Å². The van der Waals surface area contributed by atoms with Gasteiger partial charge in [-0.25, -0.2) is 0 Å². The normalized spacial score (nSPS) is 24.7. The van der Waals surface area contributed by atoms with E-state index in [0.29, 0.717) is 65.0 Å². The minimum absolute atomic E-state index is 0.0500. The van der Waals surface area contributed by atoms with Crippen LogP contribution in [0, 0.1) is 17.8 Å². The molecule has 2 heterocycles. The molecule has 1 amide bonds. The van der Waals surface area contributed by atoms with E-state index >= 15 is 0 Å². The van der Waals surface area contributed by atoms with Crippen molar-refractivity contribution in [3.05, 3.63) is 102 Å². The molecule has 302 valence electrons. The van der Waals surface area contributed by atoms with Crippen LogP contribution in [0.5, 0.6) is 28.7 Å². The maximum atomic E-state index is 14.6. The zero-order valence-corrected chi connectivity index (χ0v) is 32.6. The largest absolute Gasteiger partial charge is 0.459 e. The monoisotopic (exact) mass is 780 g/mol. The third kappa shape index (κ3) is 8.03. The van der Waals surface area contributed by atoms with Crippen molar-refractivity contribution in [3.8, 4) is 28.7 Å². The summed E-state index contributed by atoms with van der Waals surface area (Å²) in [6.45, 7) is 6.66. The van der Waals surface area contributed by atoms with E-state index in [1.165, 1.54) is 0 Å². The number of hydrogen-bond acceptors (Lipinski definition) is 11. The lowest BCUT2D eigenvalue weighted by molar-refractivity contribution is -0.252. The van der Waals surface area contributed by atoms with Crippen LogP contribution in [0.15, 0.2) is 90.1 Å². The lowest BCUT2D eigenvalue weighted by Crippen LogP contribution is -2.69. The van der Waals surface area contributed by atoms with Crippen LogP contribution in [0.4, 0.5) is 0 Å². The van der Waals surface area contributed by atoms with Crippen LogP contribution in [0.2, 0.25) is 0 Å². The number of aldehydes is 1. The van der Waals surface area contributed by atoms with E-state index in [9.17, 15) is 19.8 Å². The fraction of sp³-hybridized carbons (Fsp3) is 0.444. The summed E-state index contributed by atoms with van der Waals surface area (Å²) in [7, 11) is 1.77. The van der Waals surface area contributed by atoms with E-state index in [1.54, 1.807) is 54.4 Å². The average Bonchev–Trinajstić information content (AvgIpc) is 3.71. The van der Waals surface area contributed by atoms with Crippen molar-refractivity contribution >= 4 is 17.9 Å². The van der Waals surface area contributed by atoms with Crippen LogP contribution >= 0.6 is 0 Å². The Bertz CT molecular complexity index is 2000.